The maximum atomic E-state index is 12.6. The van der Waals surface area contributed by atoms with Crippen LogP contribution in [0.5, 0.6) is 0 Å². The number of carboxylic acids is 1. The number of carbonyl (C=O) groups is 1. The SMILES string of the molecule is O=C(O)Cc1nc(Cl)cc(I)c1C(F)F. The highest BCUT2D eigenvalue weighted by molar-refractivity contribution is 14.1. The lowest BCUT2D eigenvalue weighted by atomic mass is 10.1. The van der Waals surface area contributed by atoms with E-state index in [9.17, 15) is 13.6 Å². The van der Waals surface area contributed by atoms with E-state index < -0.39 is 18.8 Å². The number of pyridine rings is 1. The molecule has 1 heterocycles. The number of nitrogens with zero attached hydrogens (tertiary/aromatic N) is 1. The van der Waals surface area contributed by atoms with Crippen molar-refractivity contribution in [3.8, 4) is 0 Å². The largest absolute Gasteiger partial charge is 0.481 e. The second-order valence-corrected chi connectivity index (χ2v) is 4.21. The van der Waals surface area contributed by atoms with E-state index in [0.717, 1.165) is 0 Å². The van der Waals surface area contributed by atoms with Crippen LogP contribution in [0.1, 0.15) is 17.7 Å². The topological polar surface area (TPSA) is 50.2 Å². The third-order valence-corrected chi connectivity index (χ3v) is 2.68. The van der Waals surface area contributed by atoms with Gasteiger partial charge in [0.15, 0.2) is 0 Å². The van der Waals surface area contributed by atoms with Crippen LogP contribution >= 0.6 is 34.2 Å². The fourth-order valence-corrected chi connectivity index (χ4v) is 2.29. The lowest BCUT2D eigenvalue weighted by molar-refractivity contribution is -0.136. The van der Waals surface area contributed by atoms with Crippen LogP contribution in [0.25, 0.3) is 0 Å². The van der Waals surface area contributed by atoms with E-state index in [-0.39, 0.29) is 20.0 Å². The van der Waals surface area contributed by atoms with Crippen molar-refractivity contribution in [1.29, 1.82) is 0 Å². The van der Waals surface area contributed by atoms with Gasteiger partial charge in [-0.25, -0.2) is 13.8 Å². The average Bonchev–Trinajstić information content (AvgIpc) is 1.99. The van der Waals surface area contributed by atoms with Gasteiger partial charge in [0.05, 0.1) is 17.7 Å². The van der Waals surface area contributed by atoms with Gasteiger partial charge in [0.25, 0.3) is 6.43 Å². The second-order valence-electron chi connectivity index (χ2n) is 2.66. The fourth-order valence-electron chi connectivity index (χ4n) is 1.05. The molecule has 0 aliphatic heterocycles. The molecule has 0 radical (unpaired) electrons. The molecular formula is C8H5ClF2INO2. The Balaban J connectivity index is 3.26. The Kier molecular flexibility index (Phi) is 4.21. The first kappa shape index (κ1) is 12.6. The van der Waals surface area contributed by atoms with Crippen LogP contribution in [0.2, 0.25) is 5.15 Å². The summed E-state index contributed by atoms with van der Waals surface area (Å²) in [6, 6.07) is 1.27. The standard InChI is InChI=1S/C8H5ClF2INO2/c9-5-1-3(12)7(8(10)11)4(13-5)2-6(14)15/h1,8H,2H2,(H,14,15). The van der Waals surface area contributed by atoms with E-state index in [4.69, 9.17) is 16.7 Å². The summed E-state index contributed by atoms with van der Waals surface area (Å²) in [6.45, 7) is 0. The summed E-state index contributed by atoms with van der Waals surface area (Å²) in [6.07, 6.45) is -3.31. The molecule has 0 atom stereocenters. The van der Waals surface area contributed by atoms with Crippen molar-refractivity contribution in [3.63, 3.8) is 0 Å². The van der Waals surface area contributed by atoms with Gasteiger partial charge in [-0.05, 0) is 28.7 Å². The molecule has 82 valence electrons. The Morgan fingerprint density at radius 3 is 2.73 bits per heavy atom. The number of aromatic nitrogens is 1. The summed E-state index contributed by atoms with van der Waals surface area (Å²) >= 11 is 7.23. The molecule has 0 amide bonds. The van der Waals surface area contributed by atoms with E-state index in [1.165, 1.54) is 6.07 Å². The highest BCUT2D eigenvalue weighted by Crippen LogP contribution is 2.29. The molecule has 1 rings (SSSR count). The average molecular weight is 347 g/mol. The minimum Gasteiger partial charge on any atom is -0.481 e. The Morgan fingerprint density at radius 1 is 1.67 bits per heavy atom. The van der Waals surface area contributed by atoms with Crippen molar-refractivity contribution in [2.24, 2.45) is 0 Å². The molecule has 0 saturated heterocycles. The summed E-state index contributed by atoms with van der Waals surface area (Å²) in [4.78, 5) is 14.0. The Labute approximate surface area is 103 Å². The van der Waals surface area contributed by atoms with Gasteiger partial charge in [-0.3, -0.25) is 4.79 Å². The molecule has 0 fully saturated rings. The van der Waals surface area contributed by atoms with Gasteiger partial charge in [0, 0.05) is 3.57 Å². The lowest BCUT2D eigenvalue weighted by Crippen LogP contribution is -2.08. The lowest BCUT2D eigenvalue weighted by Gasteiger charge is -2.08. The van der Waals surface area contributed by atoms with E-state index in [0.29, 0.717) is 0 Å². The summed E-state index contributed by atoms with van der Waals surface area (Å²) in [5.41, 5.74) is -0.545. The first-order valence-corrected chi connectivity index (χ1v) is 5.22. The zero-order valence-corrected chi connectivity index (χ0v) is 10.1. The number of alkyl halides is 2. The van der Waals surface area contributed by atoms with E-state index >= 15 is 0 Å². The van der Waals surface area contributed by atoms with Crippen LogP contribution in [-0.2, 0) is 11.2 Å². The van der Waals surface area contributed by atoms with Gasteiger partial charge in [-0.15, -0.1) is 0 Å². The molecule has 0 spiro atoms. The fraction of sp³-hybridized carbons (Fsp3) is 0.250. The molecular weight excluding hydrogens is 342 g/mol. The molecule has 0 aliphatic carbocycles. The minimum absolute atomic E-state index is 0.0139. The third-order valence-electron chi connectivity index (χ3n) is 1.59. The van der Waals surface area contributed by atoms with Crippen LogP contribution < -0.4 is 0 Å². The minimum atomic E-state index is -2.75. The molecule has 0 bridgehead atoms. The van der Waals surface area contributed by atoms with Gasteiger partial charge in [0.2, 0.25) is 0 Å². The number of hydrogen-bond donors (Lipinski definition) is 1. The van der Waals surface area contributed by atoms with E-state index in [1.54, 1.807) is 22.6 Å². The van der Waals surface area contributed by atoms with Gasteiger partial charge in [0.1, 0.15) is 5.15 Å². The van der Waals surface area contributed by atoms with Crippen LogP contribution in [-0.4, -0.2) is 16.1 Å². The highest BCUT2D eigenvalue weighted by Gasteiger charge is 2.20. The monoisotopic (exact) mass is 347 g/mol. The van der Waals surface area contributed by atoms with Crippen LogP contribution in [0.3, 0.4) is 0 Å². The third kappa shape index (κ3) is 3.23. The molecule has 1 N–H and O–H groups in total. The summed E-state index contributed by atoms with van der Waals surface area (Å²) in [7, 11) is 0. The van der Waals surface area contributed by atoms with Crippen molar-refractivity contribution in [2.45, 2.75) is 12.8 Å². The number of halogens is 4. The van der Waals surface area contributed by atoms with Gasteiger partial charge in [-0.2, -0.15) is 0 Å². The molecule has 1 aromatic heterocycles. The van der Waals surface area contributed by atoms with Crippen molar-refractivity contribution in [3.05, 3.63) is 26.0 Å². The molecule has 0 aromatic carbocycles. The maximum absolute atomic E-state index is 12.6. The van der Waals surface area contributed by atoms with Gasteiger partial charge in [-0.1, -0.05) is 11.6 Å². The number of aliphatic carboxylic acids is 1. The molecule has 7 heteroatoms. The Hall–Kier alpha value is -0.500. The number of hydrogen-bond acceptors (Lipinski definition) is 2. The first-order valence-electron chi connectivity index (χ1n) is 3.76. The van der Waals surface area contributed by atoms with Crippen molar-refractivity contribution in [1.82, 2.24) is 4.98 Å². The molecule has 0 unspecified atom stereocenters. The smallest absolute Gasteiger partial charge is 0.309 e. The summed E-state index contributed by atoms with van der Waals surface area (Å²) in [5.74, 6) is -1.22. The molecule has 1 aromatic rings. The van der Waals surface area contributed by atoms with Gasteiger partial charge < -0.3 is 5.11 Å². The predicted octanol–water partition coefficient (Wildman–Crippen LogP) is 2.90. The first-order chi connectivity index (χ1) is 6.91. The predicted molar refractivity (Wildman–Crippen MR) is 58.3 cm³/mol. The molecule has 0 saturated carbocycles. The van der Waals surface area contributed by atoms with Crippen LogP contribution in [0.4, 0.5) is 8.78 Å². The normalized spacial score (nSPS) is 10.7. The second kappa shape index (κ2) is 5.02. The molecule has 3 nitrogen and oxygen atoms in total. The van der Waals surface area contributed by atoms with Crippen molar-refractivity contribution >= 4 is 40.2 Å². The molecule has 0 aliphatic rings. The summed E-state index contributed by atoms with van der Waals surface area (Å²) < 4.78 is 25.4. The quantitative estimate of drug-likeness (QED) is 0.676. The highest BCUT2D eigenvalue weighted by atomic mass is 127. The van der Waals surface area contributed by atoms with Crippen LogP contribution in [0, 0.1) is 3.57 Å². The zero-order chi connectivity index (χ0) is 11.6. The Morgan fingerprint density at radius 2 is 2.27 bits per heavy atom. The Bertz CT molecular complexity index is 400. The number of carboxylic acid groups (broad SMARTS) is 1. The van der Waals surface area contributed by atoms with Crippen molar-refractivity contribution < 1.29 is 18.7 Å². The zero-order valence-electron chi connectivity index (χ0n) is 7.18. The van der Waals surface area contributed by atoms with Crippen molar-refractivity contribution in [2.75, 3.05) is 0 Å². The maximum Gasteiger partial charge on any atom is 0.309 e. The van der Waals surface area contributed by atoms with Crippen LogP contribution in [0.15, 0.2) is 6.07 Å². The van der Waals surface area contributed by atoms with E-state index in [2.05, 4.69) is 4.98 Å². The summed E-state index contributed by atoms with van der Waals surface area (Å²) in [5, 5.41) is 8.54. The van der Waals surface area contributed by atoms with E-state index in [1.807, 2.05) is 0 Å². The van der Waals surface area contributed by atoms with Gasteiger partial charge >= 0.3 is 5.97 Å². The number of rotatable bonds is 3. The molecule has 15 heavy (non-hydrogen) atoms.